The Hall–Kier alpha value is -3.41. The number of rotatable bonds is 5. The van der Waals surface area contributed by atoms with Crippen LogP contribution < -0.4 is 5.32 Å². The number of aromatic nitrogens is 2. The molecule has 6 nitrogen and oxygen atoms in total. The molecule has 0 bridgehead atoms. The normalized spacial score (nSPS) is 10.4. The lowest BCUT2D eigenvalue weighted by Crippen LogP contribution is -2.26. The molecule has 0 atom stereocenters. The fourth-order valence-corrected chi connectivity index (χ4v) is 2.73. The maximum Gasteiger partial charge on any atom is 0.257 e. The maximum atomic E-state index is 12.8. The number of benzene rings is 2. The number of nitrogens with one attached hydrogen (secondary N) is 2. The first kappa shape index (κ1) is 17.4. The third-order valence-electron chi connectivity index (χ3n) is 4.14. The standard InChI is InChI=1S/C20H20N4O2/c1-21-19(25)16-10-8-14(9-11-16)13-24(2)20(26)17-12-22-23-18(17)15-6-4-3-5-7-15/h3-12H,13H2,1-2H3,(H,21,25)(H,22,23). The molecule has 0 aliphatic carbocycles. The highest BCUT2D eigenvalue weighted by molar-refractivity contribution is 5.99. The number of amides is 2. The quantitative estimate of drug-likeness (QED) is 0.744. The molecule has 6 heteroatoms. The molecule has 0 unspecified atom stereocenters. The van der Waals surface area contributed by atoms with Gasteiger partial charge in [0.1, 0.15) is 0 Å². The first-order valence-electron chi connectivity index (χ1n) is 8.25. The van der Waals surface area contributed by atoms with Gasteiger partial charge in [-0.05, 0) is 17.7 Å². The van der Waals surface area contributed by atoms with Crippen LogP contribution in [0.15, 0.2) is 60.8 Å². The number of hydrogen-bond acceptors (Lipinski definition) is 3. The van der Waals surface area contributed by atoms with Crippen molar-refractivity contribution >= 4 is 11.8 Å². The van der Waals surface area contributed by atoms with Gasteiger partial charge in [0.05, 0.1) is 17.5 Å². The molecule has 0 radical (unpaired) electrons. The van der Waals surface area contributed by atoms with Crippen LogP contribution >= 0.6 is 0 Å². The molecule has 132 valence electrons. The maximum absolute atomic E-state index is 12.8. The summed E-state index contributed by atoms with van der Waals surface area (Å²) in [7, 11) is 3.34. The first-order chi connectivity index (χ1) is 12.6. The number of H-pyrrole nitrogens is 1. The highest BCUT2D eigenvalue weighted by atomic mass is 16.2. The van der Waals surface area contributed by atoms with Crippen molar-refractivity contribution in [2.75, 3.05) is 14.1 Å². The number of carbonyl (C=O) groups is 2. The van der Waals surface area contributed by atoms with E-state index in [0.29, 0.717) is 23.4 Å². The Kier molecular flexibility index (Phi) is 5.12. The number of hydrogen-bond donors (Lipinski definition) is 2. The van der Waals surface area contributed by atoms with Gasteiger partial charge in [-0.3, -0.25) is 14.7 Å². The molecule has 0 saturated heterocycles. The van der Waals surface area contributed by atoms with Gasteiger partial charge in [0.2, 0.25) is 0 Å². The monoisotopic (exact) mass is 348 g/mol. The van der Waals surface area contributed by atoms with Gasteiger partial charge < -0.3 is 10.2 Å². The molecule has 2 amide bonds. The Balaban J connectivity index is 1.75. The van der Waals surface area contributed by atoms with Crippen LogP contribution in [0.5, 0.6) is 0 Å². The average molecular weight is 348 g/mol. The number of nitrogens with zero attached hydrogens (tertiary/aromatic N) is 2. The highest BCUT2D eigenvalue weighted by Crippen LogP contribution is 2.22. The summed E-state index contributed by atoms with van der Waals surface area (Å²) >= 11 is 0. The van der Waals surface area contributed by atoms with Crippen LogP contribution in [-0.2, 0) is 6.54 Å². The van der Waals surface area contributed by atoms with Crippen molar-refractivity contribution in [1.82, 2.24) is 20.4 Å². The van der Waals surface area contributed by atoms with Gasteiger partial charge in [-0.1, -0.05) is 42.5 Å². The first-order valence-corrected chi connectivity index (χ1v) is 8.25. The lowest BCUT2D eigenvalue weighted by molar-refractivity contribution is 0.0785. The van der Waals surface area contributed by atoms with Crippen molar-refractivity contribution in [3.8, 4) is 11.3 Å². The summed E-state index contributed by atoms with van der Waals surface area (Å²) in [6.45, 7) is 0.437. The van der Waals surface area contributed by atoms with Gasteiger partial charge in [0.25, 0.3) is 11.8 Å². The lowest BCUT2D eigenvalue weighted by atomic mass is 10.1. The van der Waals surface area contributed by atoms with E-state index in [0.717, 1.165) is 11.1 Å². The van der Waals surface area contributed by atoms with Crippen molar-refractivity contribution in [2.24, 2.45) is 0 Å². The molecule has 0 saturated carbocycles. The zero-order valence-electron chi connectivity index (χ0n) is 14.7. The predicted octanol–water partition coefficient (Wildman–Crippen LogP) is 2.71. The predicted molar refractivity (Wildman–Crippen MR) is 99.7 cm³/mol. The van der Waals surface area contributed by atoms with Crippen LogP contribution in [0.25, 0.3) is 11.3 Å². The molecule has 0 aliphatic heterocycles. The molecular weight excluding hydrogens is 328 g/mol. The largest absolute Gasteiger partial charge is 0.355 e. The van der Waals surface area contributed by atoms with Gasteiger partial charge in [0, 0.05) is 31.8 Å². The summed E-state index contributed by atoms with van der Waals surface area (Å²) < 4.78 is 0. The zero-order chi connectivity index (χ0) is 18.5. The van der Waals surface area contributed by atoms with Crippen LogP contribution in [0.1, 0.15) is 26.3 Å². The molecule has 26 heavy (non-hydrogen) atoms. The van der Waals surface area contributed by atoms with Gasteiger partial charge in [-0.25, -0.2) is 0 Å². The van der Waals surface area contributed by atoms with Gasteiger partial charge in [-0.2, -0.15) is 5.10 Å². The minimum absolute atomic E-state index is 0.118. The Morgan fingerprint density at radius 3 is 2.42 bits per heavy atom. The summed E-state index contributed by atoms with van der Waals surface area (Å²) in [4.78, 5) is 26.1. The summed E-state index contributed by atoms with van der Waals surface area (Å²) in [5.41, 5.74) is 3.68. The summed E-state index contributed by atoms with van der Waals surface area (Å²) in [6.07, 6.45) is 1.55. The van der Waals surface area contributed by atoms with Crippen molar-refractivity contribution in [2.45, 2.75) is 6.54 Å². The van der Waals surface area contributed by atoms with Crippen LogP contribution in [0.4, 0.5) is 0 Å². The molecule has 1 heterocycles. The molecule has 0 spiro atoms. The van der Waals surface area contributed by atoms with Gasteiger partial charge in [0.15, 0.2) is 0 Å². The highest BCUT2D eigenvalue weighted by Gasteiger charge is 2.19. The minimum Gasteiger partial charge on any atom is -0.355 e. The Morgan fingerprint density at radius 2 is 1.77 bits per heavy atom. The van der Waals surface area contributed by atoms with Crippen LogP contribution in [0, 0.1) is 0 Å². The van der Waals surface area contributed by atoms with Crippen molar-refractivity contribution in [1.29, 1.82) is 0 Å². The fourth-order valence-electron chi connectivity index (χ4n) is 2.73. The summed E-state index contributed by atoms with van der Waals surface area (Å²) in [5.74, 6) is -0.250. The smallest absolute Gasteiger partial charge is 0.257 e. The molecule has 2 aromatic carbocycles. The molecule has 3 aromatic rings. The topological polar surface area (TPSA) is 78.1 Å². The Bertz CT molecular complexity index is 901. The lowest BCUT2D eigenvalue weighted by Gasteiger charge is -2.17. The fraction of sp³-hybridized carbons (Fsp3) is 0.150. The molecule has 1 aromatic heterocycles. The molecule has 3 rings (SSSR count). The van der Waals surface area contributed by atoms with Crippen LogP contribution in [-0.4, -0.2) is 41.0 Å². The molecular formula is C20H20N4O2. The van der Waals surface area contributed by atoms with Crippen molar-refractivity contribution in [3.05, 3.63) is 77.5 Å². The van der Waals surface area contributed by atoms with E-state index in [2.05, 4.69) is 15.5 Å². The molecule has 0 aliphatic rings. The third kappa shape index (κ3) is 3.64. The SMILES string of the molecule is CNC(=O)c1ccc(CN(C)C(=O)c2cn[nH]c2-c2ccccc2)cc1. The molecule has 2 N–H and O–H groups in total. The average Bonchev–Trinajstić information content (AvgIpc) is 3.17. The van der Waals surface area contributed by atoms with Crippen molar-refractivity contribution in [3.63, 3.8) is 0 Å². The van der Waals surface area contributed by atoms with Crippen LogP contribution in [0.3, 0.4) is 0 Å². The number of aromatic amines is 1. The van der Waals surface area contributed by atoms with E-state index < -0.39 is 0 Å². The Morgan fingerprint density at radius 1 is 1.08 bits per heavy atom. The van der Waals surface area contributed by atoms with E-state index >= 15 is 0 Å². The van der Waals surface area contributed by atoms with E-state index in [1.807, 2.05) is 42.5 Å². The number of carbonyl (C=O) groups excluding carboxylic acids is 2. The zero-order valence-corrected chi connectivity index (χ0v) is 14.7. The van der Waals surface area contributed by atoms with E-state index in [4.69, 9.17) is 0 Å². The molecule has 0 fully saturated rings. The van der Waals surface area contributed by atoms with E-state index in [-0.39, 0.29) is 11.8 Å². The van der Waals surface area contributed by atoms with Crippen LogP contribution in [0.2, 0.25) is 0 Å². The van der Waals surface area contributed by atoms with E-state index in [1.165, 1.54) is 0 Å². The second kappa shape index (κ2) is 7.65. The summed E-state index contributed by atoms with van der Waals surface area (Å²) in [5, 5.41) is 9.52. The minimum atomic E-state index is -0.133. The van der Waals surface area contributed by atoms with Crippen molar-refractivity contribution < 1.29 is 9.59 Å². The van der Waals surface area contributed by atoms with Gasteiger partial charge in [-0.15, -0.1) is 0 Å². The second-order valence-corrected chi connectivity index (χ2v) is 5.96. The van der Waals surface area contributed by atoms with E-state index in [9.17, 15) is 9.59 Å². The summed E-state index contributed by atoms with van der Waals surface area (Å²) in [6, 6.07) is 16.8. The van der Waals surface area contributed by atoms with E-state index in [1.54, 1.807) is 37.3 Å². The third-order valence-corrected chi connectivity index (χ3v) is 4.14. The Labute approximate surface area is 151 Å². The van der Waals surface area contributed by atoms with Gasteiger partial charge >= 0.3 is 0 Å². The second-order valence-electron chi connectivity index (χ2n) is 5.96.